The molecule has 128 valence electrons. The summed E-state index contributed by atoms with van der Waals surface area (Å²) in [5.41, 5.74) is -0.0206. The number of nitrogens with one attached hydrogen (secondary N) is 2. The maximum atomic E-state index is 12.8. The number of amides is 1. The molecule has 2 rings (SSSR count). The summed E-state index contributed by atoms with van der Waals surface area (Å²) in [6, 6.07) is -0.122. The molecule has 22 heavy (non-hydrogen) atoms. The van der Waals surface area contributed by atoms with E-state index >= 15 is 0 Å². The van der Waals surface area contributed by atoms with E-state index in [4.69, 9.17) is 0 Å². The van der Waals surface area contributed by atoms with Crippen molar-refractivity contribution in [1.82, 2.24) is 14.9 Å². The Bertz CT molecular complexity index is 504. The summed E-state index contributed by atoms with van der Waals surface area (Å²) >= 11 is 0. The number of hydrogen-bond donors (Lipinski definition) is 2. The SMILES string of the molecule is CC1(C)CCCNC1C(=O)N1CCCC(CNS(C)(=O)=O)C1. The van der Waals surface area contributed by atoms with Crippen molar-refractivity contribution in [2.24, 2.45) is 11.3 Å². The van der Waals surface area contributed by atoms with E-state index in [2.05, 4.69) is 23.9 Å². The number of sulfonamides is 1. The maximum Gasteiger partial charge on any atom is 0.240 e. The molecule has 2 aliphatic rings. The van der Waals surface area contributed by atoms with Crippen LogP contribution in [-0.4, -0.2) is 57.7 Å². The lowest BCUT2D eigenvalue weighted by Crippen LogP contribution is -2.58. The van der Waals surface area contributed by atoms with Crippen LogP contribution in [0, 0.1) is 11.3 Å². The van der Waals surface area contributed by atoms with E-state index in [1.54, 1.807) is 0 Å². The van der Waals surface area contributed by atoms with Gasteiger partial charge in [-0.05, 0) is 43.6 Å². The largest absolute Gasteiger partial charge is 0.341 e. The molecule has 0 spiro atoms. The third kappa shape index (κ3) is 4.67. The van der Waals surface area contributed by atoms with E-state index < -0.39 is 10.0 Å². The summed E-state index contributed by atoms with van der Waals surface area (Å²) in [6.45, 7) is 7.04. The maximum absolute atomic E-state index is 12.8. The van der Waals surface area contributed by atoms with Crippen molar-refractivity contribution in [1.29, 1.82) is 0 Å². The molecule has 2 fully saturated rings. The third-order valence-corrected chi connectivity index (χ3v) is 5.53. The fourth-order valence-electron chi connectivity index (χ4n) is 3.52. The van der Waals surface area contributed by atoms with Gasteiger partial charge in [-0.2, -0.15) is 0 Å². The lowest BCUT2D eigenvalue weighted by molar-refractivity contribution is -0.139. The molecule has 0 radical (unpaired) electrons. The predicted molar refractivity (Wildman–Crippen MR) is 87.0 cm³/mol. The highest BCUT2D eigenvalue weighted by molar-refractivity contribution is 7.88. The van der Waals surface area contributed by atoms with Crippen molar-refractivity contribution < 1.29 is 13.2 Å². The Labute approximate surface area is 134 Å². The van der Waals surface area contributed by atoms with E-state index in [0.29, 0.717) is 13.1 Å². The smallest absolute Gasteiger partial charge is 0.240 e. The third-order valence-electron chi connectivity index (χ3n) is 4.84. The average molecular weight is 331 g/mol. The average Bonchev–Trinajstić information content (AvgIpc) is 2.44. The summed E-state index contributed by atoms with van der Waals surface area (Å²) in [5.74, 6) is 0.382. The topological polar surface area (TPSA) is 78.5 Å². The highest BCUT2D eigenvalue weighted by Crippen LogP contribution is 2.32. The second kappa shape index (κ2) is 6.84. The first kappa shape index (κ1) is 17.7. The first-order valence-corrected chi connectivity index (χ1v) is 10.0. The molecule has 1 amide bonds. The molecular formula is C15H29N3O3S. The zero-order valence-corrected chi connectivity index (χ0v) is 14.7. The minimum absolute atomic E-state index is 0.0206. The van der Waals surface area contributed by atoms with Gasteiger partial charge in [0.1, 0.15) is 0 Å². The molecule has 0 saturated carbocycles. The van der Waals surface area contributed by atoms with E-state index in [-0.39, 0.29) is 23.3 Å². The Balaban J connectivity index is 1.95. The number of carbonyl (C=O) groups is 1. The van der Waals surface area contributed by atoms with Crippen LogP contribution in [-0.2, 0) is 14.8 Å². The first-order chi connectivity index (χ1) is 10.2. The van der Waals surface area contributed by atoms with Gasteiger partial charge < -0.3 is 10.2 Å². The van der Waals surface area contributed by atoms with Gasteiger partial charge in [0, 0.05) is 19.6 Å². The van der Waals surface area contributed by atoms with Crippen molar-refractivity contribution in [2.45, 2.75) is 45.6 Å². The molecular weight excluding hydrogens is 302 g/mol. The molecule has 2 saturated heterocycles. The van der Waals surface area contributed by atoms with Crippen LogP contribution in [0.4, 0.5) is 0 Å². The summed E-state index contributed by atoms with van der Waals surface area (Å²) < 4.78 is 25.0. The van der Waals surface area contributed by atoms with Crippen molar-refractivity contribution >= 4 is 15.9 Å². The van der Waals surface area contributed by atoms with Crippen LogP contribution in [0.15, 0.2) is 0 Å². The monoisotopic (exact) mass is 331 g/mol. The molecule has 0 aromatic heterocycles. The van der Waals surface area contributed by atoms with Gasteiger partial charge in [0.25, 0.3) is 0 Å². The molecule has 0 aliphatic carbocycles. The van der Waals surface area contributed by atoms with Gasteiger partial charge in [0.05, 0.1) is 12.3 Å². The number of hydrogen-bond acceptors (Lipinski definition) is 4. The molecule has 2 aliphatic heterocycles. The minimum Gasteiger partial charge on any atom is -0.341 e. The Morgan fingerprint density at radius 3 is 2.73 bits per heavy atom. The van der Waals surface area contributed by atoms with Crippen LogP contribution >= 0.6 is 0 Å². The lowest BCUT2D eigenvalue weighted by Gasteiger charge is -2.42. The Hall–Kier alpha value is -0.660. The molecule has 7 heteroatoms. The quantitative estimate of drug-likeness (QED) is 0.789. The second-order valence-electron chi connectivity index (χ2n) is 7.39. The van der Waals surface area contributed by atoms with Crippen molar-refractivity contribution in [2.75, 3.05) is 32.4 Å². The van der Waals surface area contributed by atoms with E-state index in [1.807, 2.05) is 4.90 Å². The van der Waals surface area contributed by atoms with Crippen LogP contribution in [0.5, 0.6) is 0 Å². The second-order valence-corrected chi connectivity index (χ2v) is 9.23. The van der Waals surface area contributed by atoms with Gasteiger partial charge >= 0.3 is 0 Å². The lowest BCUT2D eigenvalue weighted by atomic mass is 9.76. The van der Waals surface area contributed by atoms with Crippen LogP contribution in [0.2, 0.25) is 0 Å². The van der Waals surface area contributed by atoms with E-state index in [1.165, 1.54) is 6.26 Å². The van der Waals surface area contributed by atoms with Crippen LogP contribution in [0.1, 0.15) is 39.5 Å². The van der Waals surface area contributed by atoms with Crippen LogP contribution in [0.25, 0.3) is 0 Å². The first-order valence-electron chi connectivity index (χ1n) is 8.16. The van der Waals surface area contributed by atoms with Crippen LogP contribution in [0.3, 0.4) is 0 Å². The van der Waals surface area contributed by atoms with Gasteiger partial charge in [-0.3, -0.25) is 4.79 Å². The van der Waals surface area contributed by atoms with Gasteiger partial charge in [0.2, 0.25) is 15.9 Å². The van der Waals surface area contributed by atoms with Crippen molar-refractivity contribution in [3.8, 4) is 0 Å². The summed E-state index contributed by atoms with van der Waals surface area (Å²) in [7, 11) is -3.17. The summed E-state index contributed by atoms with van der Waals surface area (Å²) in [5, 5.41) is 3.37. The van der Waals surface area contributed by atoms with Gasteiger partial charge in [-0.1, -0.05) is 13.8 Å². The zero-order valence-electron chi connectivity index (χ0n) is 13.9. The van der Waals surface area contributed by atoms with Crippen molar-refractivity contribution in [3.05, 3.63) is 0 Å². The Morgan fingerprint density at radius 1 is 1.36 bits per heavy atom. The minimum atomic E-state index is -3.17. The zero-order chi connectivity index (χ0) is 16.4. The standard InChI is InChI=1S/C15H29N3O3S/c1-15(2)7-5-8-16-13(15)14(19)18-9-4-6-12(11-18)10-17-22(3,20)21/h12-13,16-17H,4-11H2,1-3H3. The van der Waals surface area contributed by atoms with Crippen LogP contribution < -0.4 is 10.0 Å². The van der Waals surface area contributed by atoms with Gasteiger partial charge in [0.15, 0.2) is 0 Å². The molecule has 2 N–H and O–H groups in total. The molecule has 0 aromatic carbocycles. The fourth-order valence-corrected chi connectivity index (χ4v) is 4.05. The Kier molecular flexibility index (Phi) is 5.50. The molecule has 2 atom stereocenters. The fraction of sp³-hybridized carbons (Fsp3) is 0.933. The molecule has 0 bridgehead atoms. The summed E-state index contributed by atoms with van der Waals surface area (Å²) in [4.78, 5) is 14.8. The molecule has 2 unspecified atom stereocenters. The van der Waals surface area contributed by atoms with E-state index in [9.17, 15) is 13.2 Å². The highest BCUT2D eigenvalue weighted by Gasteiger charge is 2.40. The summed E-state index contributed by atoms with van der Waals surface area (Å²) in [6.07, 6.45) is 5.25. The number of carbonyl (C=O) groups excluding carboxylic acids is 1. The van der Waals surface area contributed by atoms with Gasteiger partial charge in [-0.15, -0.1) is 0 Å². The number of nitrogens with zero attached hydrogens (tertiary/aromatic N) is 1. The number of likely N-dealkylation sites (tertiary alicyclic amines) is 1. The molecule has 6 nitrogen and oxygen atoms in total. The van der Waals surface area contributed by atoms with Gasteiger partial charge in [-0.25, -0.2) is 13.1 Å². The number of rotatable bonds is 4. The van der Waals surface area contributed by atoms with Crippen molar-refractivity contribution in [3.63, 3.8) is 0 Å². The predicted octanol–water partition coefficient (Wildman–Crippen LogP) is 0.552. The van der Waals surface area contributed by atoms with E-state index in [0.717, 1.165) is 38.8 Å². The highest BCUT2D eigenvalue weighted by atomic mass is 32.2. The molecule has 2 heterocycles. The normalized spacial score (nSPS) is 29.3. The Morgan fingerprint density at radius 2 is 2.09 bits per heavy atom. The molecule has 0 aromatic rings. The number of piperidine rings is 2.